The first-order valence-electron chi connectivity index (χ1n) is 5.98. The quantitative estimate of drug-likeness (QED) is 0.572. The molecular weight excluding hydrogens is 282 g/mol. The summed E-state index contributed by atoms with van der Waals surface area (Å²) < 4.78 is 34.0. The molecule has 20 heavy (non-hydrogen) atoms. The Kier molecular flexibility index (Phi) is 4.39. The molecule has 0 aliphatic carbocycles. The maximum atomic E-state index is 8.49. The van der Waals surface area contributed by atoms with E-state index >= 15 is 0 Å². The Morgan fingerprint density at radius 3 is 1.55 bits per heavy atom. The Morgan fingerprint density at radius 1 is 0.800 bits per heavy atom. The first kappa shape index (κ1) is 14.9. The van der Waals surface area contributed by atoms with Gasteiger partial charge >= 0.3 is 0 Å². The highest BCUT2D eigenvalue weighted by atomic mass is 35.7. The molecule has 5 nitrogen and oxygen atoms in total. The molecule has 2 aromatic carbocycles. The van der Waals surface area contributed by atoms with Gasteiger partial charge in [0.2, 0.25) is 0 Å². The molecule has 0 saturated heterocycles. The number of halogens is 1. The van der Waals surface area contributed by atoms with Gasteiger partial charge in [0.25, 0.3) is 0 Å². The number of para-hydroxylation sites is 2. The molecule has 106 valence electrons. The monoisotopic (exact) mass is 295 g/mol. The van der Waals surface area contributed by atoms with Crippen molar-refractivity contribution in [1.29, 1.82) is 0 Å². The van der Waals surface area contributed by atoms with Crippen molar-refractivity contribution in [2.75, 3.05) is 7.05 Å². The van der Waals surface area contributed by atoms with Crippen molar-refractivity contribution in [2.24, 2.45) is 0 Å². The molecule has 0 atom stereocenters. The minimum absolute atomic E-state index is 1.07. The van der Waals surface area contributed by atoms with E-state index in [4.69, 9.17) is 18.6 Å². The summed E-state index contributed by atoms with van der Waals surface area (Å²) in [5.74, 6) is 0. The number of hydrogen-bond acceptors (Lipinski definition) is 4. The normalized spacial score (nSPS) is 13.8. The second-order valence-corrected chi connectivity index (χ2v) is 5.25. The molecule has 0 unspecified atom stereocenters. The molecule has 0 amide bonds. The second kappa shape index (κ2) is 5.88. The summed E-state index contributed by atoms with van der Waals surface area (Å²) >= 11 is 0. The lowest BCUT2D eigenvalue weighted by molar-refractivity contribution is -2.00. The molecule has 1 heterocycles. The van der Waals surface area contributed by atoms with E-state index < -0.39 is 10.2 Å². The minimum Gasteiger partial charge on any atom is -0.272 e. The maximum Gasteiger partial charge on any atom is 0.139 e. The summed E-state index contributed by atoms with van der Waals surface area (Å²) in [5, 5.41) is 0. The molecule has 1 N–H and O–H groups in total. The van der Waals surface area contributed by atoms with Gasteiger partial charge in [0.1, 0.15) is 11.4 Å². The van der Waals surface area contributed by atoms with Crippen LogP contribution in [0.4, 0.5) is 11.4 Å². The van der Waals surface area contributed by atoms with Crippen molar-refractivity contribution in [3.05, 3.63) is 59.7 Å². The van der Waals surface area contributed by atoms with Crippen LogP contribution in [0.3, 0.4) is 0 Å². The van der Waals surface area contributed by atoms with E-state index in [1.165, 1.54) is 27.4 Å². The molecule has 0 fully saturated rings. The summed E-state index contributed by atoms with van der Waals surface area (Å²) in [6, 6.07) is 17.4. The summed E-state index contributed by atoms with van der Waals surface area (Å²) in [5.41, 5.74) is 5.73. The Hall–Kier alpha value is -1.47. The molecule has 0 saturated carbocycles. The van der Waals surface area contributed by atoms with Crippen molar-refractivity contribution >= 4 is 11.4 Å². The SMILES string of the molecule is C[NH+]1c2ccccc2Cc2ccccc21.[O-][Cl+3]([O-])([O-])[O-]. The molecule has 1 aliphatic rings. The Morgan fingerprint density at radius 2 is 1.15 bits per heavy atom. The van der Waals surface area contributed by atoms with Gasteiger partial charge in [0.15, 0.2) is 0 Å². The topological polar surface area (TPSA) is 96.7 Å². The number of fused-ring (bicyclic) bond motifs is 2. The average molecular weight is 296 g/mol. The standard InChI is InChI=1S/C14H13N.ClHO4/c1-15-13-8-4-2-6-11(13)10-12-7-3-5-9-14(12)15;2-1(3,4)5/h2-9H,10H2,1H3;(H,2,3,4,5). The Bertz CT molecular complexity index is 546. The zero-order chi connectivity index (χ0) is 14.8. The molecular formula is C14H14ClNO4. The molecule has 0 radical (unpaired) electrons. The van der Waals surface area contributed by atoms with Gasteiger partial charge in [-0.1, -0.05) is 36.4 Å². The summed E-state index contributed by atoms with van der Waals surface area (Å²) in [6.07, 6.45) is 1.07. The van der Waals surface area contributed by atoms with Crippen LogP contribution in [-0.2, 0) is 6.42 Å². The van der Waals surface area contributed by atoms with Crippen LogP contribution < -0.4 is 23.5 Å². The molecule has 0 bridgehead atoms. The van der Waals surface area contributed by atoms with Gasteiger partial charge in [0.05, 0.1) is 7.05 Å². The van der Waals surface area contributed by atoms with Gasteiger partial charge in [-0.15, -0.1) is 10.2 Å². The Labute approximate surface area is 119 Å². The maximum absolute atomic E-state index is 8.49. The predicted octanol–water partition coefficient (Wildman–Crippen LogP) is -2.69. The minimum atomic E-state index is -4.94. The smallest absolute Gasteiger partial charge is 0.139 e. The lowest BCUT2D eigenvalue weighted by atomic mass is 9.96. The van der Waals surface area contributed by atoms with Gasteiger partial charge in [-0.25, -0.2) is 18.6 Å². The van der Waals surface area contributed by atoms with Gasteiger partial charge in [-0.2, -0.15) is 0 Å². The Balaban J connectivity index is 0.000000257. The molecule has 1 aliphatic heterocycles. The predicted molar refractivity (Wildman–Crippen MR) is 61.9 cm³/mol. The van der Waals surface area contributed by atoms with Crippen molar-refractivity contribution in [1.82, 2.24) is 0 Å². The second-order valence-electron chi connectivity index (χ2n) is 4.49. The number of benzene rings is 2. The van der Waals surface area contributed by atoms with Crippen molar-refractivity contribution in [3.63, 3.8) is 0 Å². The van der Waals surface area contributed by atoms with E-state index in [-0.39, 0.29) is 0 Å². The number of nitrogens with one attached hydrogen (secondary N) is 1. The zero-order valence-corrected chi connectivity index (χ0v) is 11.6. The van der Waals surface area contributed by atoms with Crippen LogP contribution in [0.1, 0.15) is 11.1 Å². The van der Waals surface area contributed by atoms with Crippen LogP contribution in [0.5, 0.6) is 0 Å². The van der Waals surface area contributed by atoms with Crippen LogP contribution in [0.25, 0.3) is 0 Å². The van der Waals surface area contributed by atoms with Crippen LogP contribution >= 0.6 is 0 Å². The largest absolute Gasteiger partial charge is 0.272 e. The van der Waals surface area contributed by atoms with E-state index in [0.29, 0.717) is 0 Å². The first-order chi connectivity index (χ1) is 9.36. The van der Waals surface area contributed by atoms with Crippen molar-refractivity contribution < 1.29 is 33.8 Å². The van der Waals surface area contributed by atoms with Crippen LogP contribution in [0.15, 0.2) is 48.5 Å². The third kappa shape index (κ3) is 3.77. The third-order valence-electron chi connectivity index (χ3n) is 3.22. The molecule has 0 spiro atoms. The zero-order valence-electron chi connectivity index (χ0n) is 10.8. The fourth-order valence-electron chi connectivity index (χ4n) is 2.43. The van der Waals surface area contributed by atoms with Gasteiger partial charge < -0.3 is 0 Å². The van der Waals surface area contributed by atoms with Crippen molar-refractivity contribution in [2.45, 2.75) is 6.42 Å². The summed E-state index contributed by atoms with van der Waals surface area (Å²) in [6.45, 7) is 0. The van der Waals surface area contributed by atoms with Crippen LogP contribution in [-0.4, -0.2) is 7.05 Å². The highest BCUT2D eigenvalue weighted by Crippen LogP contribution is 2.25. The van der Waals surface area contributed by atoms with E-state index in [9.17, 15) is 0 Å². The highest BCUT2D eigenvalue weighted by Gasteiger charge is 2.23. The summed E-state index contributed by atoms with van der Waals surface area (Å²) in [4.78, 5) is 1.41. The first-order valence-corrected chi connectivity index (χ1v) is 7.21. The molecule has 3 rings (SSSR count). The fraction of sp³-hybridized carbons (Fsp3) is 0.143. The number of hydrogen-bond donors (Lipinski definition) is 1. The van der Waals surface area contributed by atoms with E-state index in [1.807, 2.05) is 0 Å². The van der Waals surface area contributed by atoms with Crippen LogP contribution in [0.2, 0.25) is 0 Å². The molecule has 2 aromatic rings. The fourth-order valence-corrected chi connectivity index (χ4v) is 2.43. The van der Waals surface area contributed by atoms with E-state index in [0.717, 1.165) is 6.42 Å². The van der Waals surface area contributed by atoms with E-state index in [2.05, 4.69) is 55.6 Å². The van der Waals surface area contributed by atoms with Crippen LogP contribution in [0, 0.1) is 10.2 Å². The molecule has 6 heteroatoms. The number of rotatable bonds is 0. The highest BCUT2D eigenvalue weighted by molar-refractivity contribution is 5.54. The molecule has 0 aromatic heterocycles. The lowest BCUT2D eigenvalue weighted by Crippen LogP contribution is -2.99. The lowest BCUT2D eigenvalue weighted by Gasteiger charge is -2.23. The van der Waals surface area contributed by atoms with E-state index in [1.54, 1.807) is 0 Å². The third-order valence-corrected chi connectivity index (χ3v) is 3.22. The van der Waals surface area contributed by atoms with Gasteiger partial charge in [-0.3, -0.25) is 4.90 Å². The van der Waals surface area contributed by atoms with Gasteiger partial charge in [-0.05, 0) is 12.1 Å². The van der Waals surface area contributed by atoms with Crippen molar-refractivity contribution in [3.8, 4) is 0 Å². The number of quaternary nitrogens is 1. The summed E-state index contributed by atoms with van der Waals surface area (Å²) in [7, 11) is -2.73. The van der Waals surface area contributed by atoms with Gasteiger partial charge in [0, 0.05) is 17.5 Å². The average Bonchev–Trinajstić information content (AvgIpc) is 2.37.